The first kappa shape index (κ1) is 22.5. The molecule has 0 unspecified atom stereocenters. The Morgan fingerprint density at radius 2 is 2.00 bits per heavy atom. The van der Waals surface area contributed by atoms with Crippen LogP contribution in [0.1, 0.15) is 42.7 Å². The van der Waals surface area contributed by atoms with Crippen LogP contribution in [0.3, 0.4) is 0 Å². The van der Waals surface area contributed by atoms with Crippen molar-refractivity contribution < 1.29 is 30.0 Å². The number of hydrogen-bond acceptors (Lipinski definition) is 4. The molecule has 1 aliphatic carbocycles. The molecule has 1 N–H and O–H groups in total. The van der Waals surface area contributed by atoms with Crippen LogP contribution in [-0.4, -0.2) is 15.9 Å². The number of rotatable bonds is 2. The zero-order valence-corrected chi connectivity index (χ0v) is 19.5. The fraction of sp³-hybridized carbons (Fsp3) is 0.304. The van der Waals surface area contributed by atoms with E-state index in [0.29, 0.717) is 0 Å². The van der Waals surface area contributed by atoms with E-state index < -0.39 is 0 Å². The summed E-state index contributed by atoms with van der Waals surface area (Å²) in [4.78, 5) is 16.1. The summed E-state index contributed by atoms with van der Waals surface area (Å²) in [7, 11) is 0. The Morgan fingerprint density at radius 1 is 1.25 bits per heavy atom. The Labute approximate surface area is 183 Å². The van der Waals surface area contributed by atoms with Crippen LogP contribution in [0, 0.1) is 13.0 Å². The van der Waals surface area contributed by atoms with Gasteiger partial charge in [-0.3, -0.25) is 4.79 Å². The molecule has 5 heteroatoms. The Hall–Kier alpha value is -1.81. The molecular formula is C23H24IrNO2S-. The van der Waals surface area contributed by atoms with Gasteiger partial charge in [-0.15, -0.1) is 23.8 Å². The van der Waals surface area contributed by atoms with Gasteiger partial charge in [0.25, 0.3) is 0 Å². The van der Waals surface area contributed by atoms with E-state index in [9.17, 15) is 4.79 Å². The van der Waals surface area contributed by atoms with Crippen LogP contribution in [-0.2, 0) is 37.7 Å². The Morgan fingerprint density at radius 3 is 2.64 bits per heavy atom. The number of aliphatic hydroxyl groups excluding tert-OH is 1. The number of pyridine rings is 1. The largest absolute Gasteiger partial charge is 0.512 e. The van der Waals surface area contributed by atoms with Gasteiger partial charge in [0.05, 0.1) is 5.76 Å². The molecule has 28 heavy (non-hydrogen) atoms. The second-order valence-corrected chi connectivity index (χ2v) is 8.03. The zero-order valence-electron chi connectivity index (χ0n) is 16.3. The summed E-state index contributed by atoms with van der Waals surface area (Å²) < 4.78 is 1.37. The number of aliphatic hydroxyl groups is 1. The van der Waals surface area contributed by atoms with Crippen molar-refractivity contribution in [2.45, 2.75) is 46.5 Å². The Balaban J connectivity index is 0.000000306. The van der Waals surface area contributed by atoms with Crippen molar-refractivity contribution in [3.63, 3.8) is 0 Å². The molecule has 1 aromatic carbocycles. The number of allylic oxidation sites excluding steroid dienone is 2. The maximum absolute atomic E-state index is 10.0. The van der Waals surface area contributed by atoms with Gasteiger partial charge in [0.1, 0.15) is 0 Å². The summed E-state index contributed by atoms with van der Waals surface area (Å²) >= 11 is 1.96. The Bertz CT molecular complexity index is 1000. The molecule has 1 aliphatic rings. The third-order valence-electron chi connectivity index (χ3n) is 4.50. The van der Waals surface area contributed by atoms with Crippen molar-refractivity contribution in [2.75, 3.05) is 0 Å². The van der Waals surface area contributed by atoms with Crippen LogP contribution >= 0.6 is 11.3 Å². The van der Waals surface area contributed by atoms with Crippen LogP contribution < -0.4 is 0 Å². The van der Waals surface area contributed by atoms with E-state index in [0.717, 1.165) is 5.69 Å². The molecule has 0 amide bonds. The minimum Gasteiger partial charge on any atom is -0.512 e. The molecule has 0 atom stereocenters. The van der Waals surface area contributed by atoms with Crippen molar-refractivity contribution in [2.24, 2.45) is 0 Å². The molecule has 149 valence electrons. The van der Waals surface area contributed by atoms with Gasteiger partial charge >= 0.3 is 0 Å². The monoisotopic (exact) mass is 571 g/mol. The van der Waals surface area contributed by atoms with Gasteiger partial charge in [-0.1, -0.05) is 17.0 Å². The van der Waals surface area contributed by atoms with Crippen molar-refractivity contribution in [1.82, 2.24) is 4.98 Å². The summed E-state index contributed by atoms with van der Waals surface area (Å²) in [5.41, 5.74) is 5.06. The van der Waals surface area contributed by atoms with Crippen molar-refractivity contribution in [3.05, 3.63) is 64.4 Å². The molecule has 1 radical (unpaired) electrons. The smallest absolute Gasteiger partial charge is 0.155 e. The van der Waals surface area contributed by atoms with Gasteiger partial charge in [-0.05, 0) is 73.4 Å². The van der Waals surface area contributed by atoms with Crippen molar-refractivity contribution in [3.8, 4) is 11.3 Å². The average Bonchev–Trinajstić information content (AvgIpc) is 3.00. The number of carbonyl (C=O) groups is 1. The van der Waals surface area contributed by atoms with E-state index in [1.165, 1.54) is 66.8 Å². The van der Waals surface area contributed by atoms with E-state index in [4.69, 9.17) is 5.11 Å². The third-order valence-corrected chi connectivity index (χ3v) is 5.83. The van der Waals surface area contributed by atoms with Crippen molar-refractivity contribution in [1.29, 1.82) is 0 Å². The zero-order chi connectivity index (χ0) is 19.4. The number of fused-ring (bicyclic) bond motifs is 3. The molecule has 3 aromatic rings. The number of carbonyl (C=O) groups excluding carboxylic acids is 1. The fourth-order valence-electron chi connectivity index (χ4n) is 3.38. The first-order chi connectivity index (χ1) is 13.0. The predicted molar refractivity (Wildman–Crippen MR) is 112 cm³/mol. The molecule has 0 fully saturated rings. The molecule has 2 aromatic heterocycles. The number of aromatic nitrogens is 1. The predicted octanol–water partition coefficient (Wildman–Crippen LogP) is 5.99. The quantitative estimate of drug-likeness (QED) is 0.234. The first-order valence-corrected chi connectivity index (χ1v) is 10.0. The maximum atomic E-state index is 10.0. The topological polar surface area (TPSA) is 50.2 Å². The first-order valence-electron chi connectivity index (χ1n) is 9.21. The summed E-state index contributed by atoms with van der Waals surface area (Å²) in [6, 6.07) is 11.9. The second-order valence-electron chi connectivity index (χ2n) is 6.92. The van der Waals surface area contributed by atoms with Gasteiger partial charge in [0.2, 0.25) is 0 Å². The van der Waals surface area contributed by atoms with E-state index in [-0.39, 0.29) is 31.6 Å². The Kier molecular flexibility index (Phi) is 8.11. The minimum atomic E-state index is -0.125. The molecule has 0 saturated heterocycles. The number of thiophene rings is 1. The number of ketones is 1. The van der Waals surface area contributed by atoms with Gasteiger partial charge in [-0.25, -0.2) is 0 Å². The van der Waals surface area contributed by atoms with Gasteiger partial charge in [0, 0.05) is 32.4 Å². The third kappa shape index (κ3) is 5.38. The molecule has 0 aliphatic heterocycles. The van der Waals surface area contributed by atoms with Crippen LogP contribution in [0.5, 0.6) is 0 Å². The standard InChI is InChI=1S/C18H16NS.C5H8O2.Ir/c1-12-9-10-19-16(11-12)15-7-4-6-14-13-5-2-3-8-17(13)20-18(14)15;1-4(6)3-5(2)7;/h4,6,9-11H,2-3,5,8H2,1H3;3,6H,1-2H3;/q-1;;/b;4-3-;. The van der Waals surface area contributed by atoms with E-state index >= 15 is 0 Å². The van der Waals surface area contributed by atoms with Crippen LogP contribution in [0.4, 0.5) is 0 Å². The van der Waals surface area contributed by atoms with Gasteiger partial charge < -0.3 is 10.1 Å². The second kappa shape index (κ2) is 10.1. The molecular weight excluding hydrogens is 547 g/mol. The summed E-state index contributed by atoms with van der Waals surface area (Å²) in [6.07, 6.45) is 8.21. The van der Waals surface area contributed by atoms with Crippen LogP contribution in [0.2, 0.25) is 0 Å². The average molecular weight is 571 g/mol. The maximum Gasteiger partial charge on any atom is 0.155 e. The number of hydrogen-bond donors (Lipinski definition) is 1. The molecule has 2 heterocycles. The van der Waals surface area contributed by atoms with E-state index in [1.54, 1.807) is 10.4 Å². The SMILES string of the molecule is CC(=O)/C=C(/C)O.Cc1ccnc(-c2[c-]ccc3c4c(sc23)CCCC4)c1.[Ir]. The summed E-state index contributed by atoms with van der Waals surface area (Å²) in [5.74, 6) is -0.0625. The summed E-state index contributed by atoms with van der Waals surface area (Å²) in [5, 5.41) is 9.80. The molecule has 0 saturated carbocycles. The minimum absolute atomic E-state index is 0. The number of nitrogens with zero attached hydrogens (tertiary/aromatic N) is 1. The van der Waals surface area contributed by atoms with E-state index in [1.807, 2.05) is 23.6 Å². The molecule has 0 bridgehead atoms. The normalized spacial score (nSPS) is 13.2. The number of benzene rings is 1. The van der Waals surface area contributed by atoms with Gasteiger partial charge in [0.15, 0.2) is 5.78 Å². The summed E-state index contributed by atoms with van der Waals surface area (Å²) in [6.45, 7) is 4.96. The molecule has 0 spiro atoms. The molecule has 3 nitrogen and oxygen atoms in total. The van der Waals surface area contributed by atoms with Crippen LogP contribution in [0.25, 0.3) is 21.3 Å². The van der Waals surface area contributed by atoms with Crippen molar-refractivity contribution >= 4 is 27.2 Å². The van der Waals surface area contributed by atoms with Crippen LogP contribution in [0.15, 0.2) is 42.3 Å². The molecule has 4 rings (SSSR count). The number of aryl methyl sites for hydroxylation is 3. The van der Waals surface area contributed by atoms with Gasteiger partial charge in [-0.2, -0.15) is 11.3 Å². The van der Waals surface area contributed by atoms with E-state index in [2.05, 4.69) is 36.2 Å². The fourth-order valence-corrected chi connectivity index (χ4v) is 4.78.